The number of aliphatic hydroxyl groups excluding tert-OH is 2. The van der Waals surface area contributed by atoms with Crippen LogP contribution in [0.5, 0.6) is 5.75 Å². The maximum Gasteiger partial charge on any atom is 0.151 e. The molecule has 0 saturated carbocycles. The number of nitrogens with zero attached hydrogens (tertiary/aromatic N) is 1. The highest BCUT2D eigenvalue weighted by atomic mass is 16.7. The van der Waals surface area contributed by atoms with Crippen molar-refractivity contribution in [3.63, 3.8) is 0 Å². The smallest absolute Gasteiger partial charge is 0.151 e. The van der Waals surface area contributed by atoms with Gasteiger partial charge in [0.25, 0.3) is 0 Å². The number of hydroxylamine groups is 2. The second kappa shape index (κ2) is 6.63. The summed E-state index contributed by atoms with van der Waals surface area (Å²) in [5, 5.41) is 21.4. The lowest BCUT2D eigenvalue weighted by atomic mass is 9.80. The first-order chi connectivity index (χ1) is 10.7. The first-order valence-electron chi connectivity index (χ1n) is 8.22. The van der Waals surface area contributed by atoms with E-state index in [9.17, 15) is 10.2 Å². The number of hydrogen-bond donors (Lipinski definition) is 2. The van der Waals surface area contributed by atoms with E-state index in [1.54, 1.807) is 6.08 Å². The Morgan fingerprint density at radius 1 is 1.26 bits per heavy atom. The molecule has 0 aromatic heterocycles. The van der Waals surface area contributed by atoms with Gasteiger partial charge in [-0.05, 0) is 64.2 Å². The van der Waals surface area contributed by atoms with Gasteiger partial charge < -0.3 is 15.1 Å². The third kappa shape index (κ3) is 3.94. The highest BCUT2D eigenvalue weighted by Gasteiger charge is 2.47. The van der Waals surface area contributed by atoms with Crippen molar-refractivity contribution < 1.29 is 15.1 Å². The van der Waals surface area contributed by atoms with Crippen LogP contribution in [0.4, 0.5) is 0 Å². The van der Waals surface area contributed by atoms with Crippen LogP contribution in [-0.2, 0) is 6.42 Å². The van der Waals surface area contributed by atoms with Gasteiger partial charge in [0, 0.05) is 6.61 Å². The average Bonchev–Trinajstić information content (AvgIpc) is 2.43. The Morgan fingerprint density at radius 2 is 1.87 bits per heavy atom. The highest BCUT2D eigenvalue weighted by Crippen LogP contribution is 2.39. The Morgan fingerprint density at radius 3 is 2.39 bits per heavy atom. The van der Waals surface area contributed by atoms with Crippen LogP contribution in [0.25, 0.3) is 6.08 Å². The molecule has 2 rings (SSSR count). The molecule has 0 spiro atoms. The highest BCUT2D eigenvalue weighted by molar-refractivity contribution is 5.52. The van der Waals surface area contributed by atoms with Gasteiger partial charge in [0.05, 0.1) is 17.2 Å². The molecule has 1 aromatic rings. The van der Waals surface area contributed by atoms with E-state index < -0.39 is 0 Å². The number of benzene rings is 1. The standard InChI is InChI=1S/C19H29NO3/c1-6-14-7-8-15(9-10-21)17(11-14)23-20-18(2,3)12-16(22)13-19(20,4)5/h6-8,11,16,21-22H,1,9-10,12-13H2,2-5H3. The third-order valence-electron chi connectivity index (χ3n) is 4.47. The summed E-state index contributed by atoms with van der Waals surface area (Å²) < 4.78 is 0. The van der Waals surface area contributed by atoms with Gasteiger partial charge in [-0.25, -0.2) is 0 Å². The molecule has 0 unspecified atom stereocenters. The summed E-state index contributed by atoms with van der Waals surface area (Å²) in [5.41, 5.74) is 1.37. The maximum atomic E-state index is 10.2. The van der Waals surface area contributed by atoms with Crippen molar-refractivity contribution in [3.8, 4) is 5.75 Å². The van der Waals surface area contributed by atoms with Crippen LogP contribution < -0.4 is 4.84 Å². The van der Waals surface area contributed by atoms with E-state index in [0.29, 0.717) is 19.3 Å². The number of aliphatic hydroxyl groups is 2. The predicted molar refractivity (Wildman–Crippen MR) is 93.2 cm³/mol. The van der Waals surface area contributed by atoms with Gasteiger partial charge in [0.1, 0.15) is 0 Å². The van der Waals surface area contributed by atoms with Gasteiger partial charge in [-0.15, -0.1) is 5.06 Å². The fraction of sp³-hybridized carbons (Fsp3) is 0.579. The molecule has 0 aliphatic carbocycles. The van der Waals surface area contributed by atoms with E-state index in [2.05, 4.69) is 34.3 Å². The molecule has 1 aromatic carbocycles. The summed E-state index contributed by atoms with van der Waals surface area (Å²) in [7, 11) is 0. The molecule has 0 radical (unpaired) electrons. The van der Waals surface area contributed by atoms with Crippen LogP contribution in [0, 0.1) is 0 Å². The van der Waals surface area contributed by atoms with Gasteiger partial charge in [-0.1, -0.05) is 24.8 Å². The first-order valence-corrected chi connectivity index (χ1v) is 8.22. The third-order valence-corrected chi connectivity index (χ3v) is 4.47. The molecule has 0 amide bonds. The molecular formula is C19H29NO3. The molecule has 1 fully saturated rings. The van der Waals surface area contributed by atoms with Crippen molar-refractivity contribution in [2.45, 2.75) is 64.1 Å². The Kier molecular flexibility index (Phi) is 5.19. The molecule has 0 atom stereocenters. The number of piperidine rings is 1. The van der Waals surface area contributed by atoms with Crippen LogP contribution in [0.1, 0.15) is 51.7 Å². The molecule has 4 heteroatoms. The topological polar surface area (TPSA) is 52.9 Å². The van der Waals surface area contributed by atoms with Gasteiger partial charge >= 0.3 is 0 Å². The van der Waals surface area contributed by atoms with E-state index in [1.165, 1.54) is 0 Å². The van der Waals surface area contributed by atoms with Crippen LogP contribution in [0.15, 0.2) is 24.8 Å². The van der Waals surface area contributed by atoms with Crippen molar-refractivity contribution in [1.82, 2.24) is 5.06 Å². The van der Waals surface area contributed by atoms with E-state index in [-0.39, 0.29) is 23.8 Å². The normalized spacial score (nSPS) is 21.1. The van der Waals surface area contributed by atoms with Crippen LogP contribution in [0.2, 0.25) is 0 Å². The number of rotatable bonds is 5. The fourth-order valence-electron chi connectivity index (χ4n) is 3.67. The minimum atomic E-state index is -0.323. The van der Waals surface area contributed by atoms with Crippen LogP contribution >= 0.6 is 0 Å². The van der Waals surface area contributed by atoms with Crippen molar-refractivity contribution in [1.29, 1.82) is 0 Å². The van der Waals surface area contributed by atoms with Crippen molar-refractivity contribution >= 4 is 6.08 Å². The Hall–Kier alpha value is -1.36. The lowest BCUT2D eigenvalue weighted by molar-refractivity contribution is -0.234. The zero-order chi connectivity index (χ0) is 17.3. The SMILES string of the molecule is C=Cc1ccc(CCO)c(ON2C(C)(C)CC(O)CC2(C)C)c1. The van der Waals surface area contributed by atoms with E-state index in [4.69, 9.17) is 4.84 Å². The fourth-order valence-corrected chi connectivity index (χ4v) is 3.67. The molecule has 1 heterocycles. The molecule has 1 saturated heterocycles. The zero-order valence-electron chi connectivity index (χ0n) is 14.7. The van der Waals surface area contributed by atoms with Gasteiger partial charge in [0.2, 0.25) is 0 Å². The molecular weight excluding hydrogens is 290 g/mol. The van der Waals surface area contributed by atoms with Gasteiger partial charge in [-0.2, -0.15) is 0 Å². The minimum Gasteiger partial charge on any atom is -0.405 e. The first kappa shape index (κ1) is 18.0. The average molecular weight is 319 g/mol. The van der Waals surface area contributed by atoms with Crippen LogP contribution in [0.3, 0.4) is 0 Å². The zero-order valence-corrected chi connectivity index (χ0v) is 14.7. The summed E-state index contributed by atoms with van der Waals surface area (Å²) in [6, 6.07) is 5.90. The van der Waals surface area contributed by atoms with E-state index in [0.717, 1.165) is 16.9 Å². The van der Waals surface area contributed by atoms with E-state index in [1.807, 2.05) is 23.3 Å². The monoisotopic (exact) mass is 319 g/mol. The second-order valence-corrected chi connectivity index (χ2v) is 7.62. The lowest BCUT2D eigenvalue weighted by Gasteiger charge is -2.52. The largest absolute Gasteiger partial charge is 0.405 e. The predicted octanol–water partition coefficient (Wildman–Crippen LogP) is 3.17. The van der Waals surface area contributed by atoms with Crippen molar-refractivity contribution in [2.75, 3.05) is 6.61 Å². The second-order valence-electron chi connectivity index (χ2n) is 7.62. The van der Waals surface area contributed by atoms with Crippen molar-refractivity contribution in [2.24, 2.45) is 0 Å². The van der Waals surface area contributed by atoms with Gasteiger partial charge in [0.15, 0.2) is 5.75 Å². The summed E-state index contributed by atoms with van der Waals surface area (Å²) in [6.45, 7) is 12.2. The molecule has 0 bridgehead atoms. The summed E-state index contributed by atoms with van der Waals surface area (Å²) >= 11 is 0. The summed E-state index contributed by atoms with van der Waals surface area (Å²) in [5.74, 6) is 0.744. The lowest BCUT2D eigenvalue weighted by Crippen LogP contribution is -2.63. The minimum absolute atomic E-state index is 0.0787. The molecule has 1 aliphatic heterocycles. The molecule has 4 nitrogen and oxygen atoms in total. The molecule has 2 N–H and O–H groups in total. The molecule has 128 valence electrons. The van der Waals surface area contributed by atoms with E-state index >= 15 is 0 Å². The van der Waals surface area contributed by atoms with Gasteiger partial charge in [-0.3, -0.25) is 0 Å². The van der Waals surface area contributed by atoms with Crippen LogP contribution in [-0.4, -0.2) is 39.1 Å². The number of hydrogen-bond acceptors (Lipinski definition) is 4. The quantitative estimate of drug-likeness (QED) is 0.875. The maximum absolute atomic E-state index is 10.2. The molecule has 23 heavy (non-hydrogen) atoms. The molecule has 1 aliphatic rings. The van der Waals surface area contributed by atoms with Crippen molar-refractivity contribution in [3.05, 3.63) is 35.9 Å². The summed E-state index contributed by atoms with van der Waals surface area (Å²) in [6.07, 6.45) is 3.33. The Labute approximate surface area is 139 Å². The Bertz CT molecular complexity index is 548. The summed E-state index contributed by atoms with van der Waals surface area (Å²) in [4.78, 5) is 6.32. The Balaban J connectivity index is 2.37.